The SMILES string of the molecule is C=Cc1c(O)cccc1C1C=C(C)C(=O)CC1. The van der Waals surface area contributed by atoms with Crippen LogP contribution in [0.1, 0.15) is 36.8 Å². The Morgan fingerprint density at radius 1 is 1.47 bits per heavy atom. The number of carbonyl (C=O) groups excluding carboxylic acids is 1. The maximum atomic E-state index is 11.5. The van der Waals surface area contributed by atoms with Crippen LogP contribution >= 0.6 is 0 Å². The van der Waals surface area contributed by atoms with E-state index in [1.807, 2.05) is 25.1 Å². The van der Waals surface area contributed by atoms with E-state index in [2.05, 4.69) is 6.58 Å². The lowest BCUT2D eigenvalue weighted by molar-refractivity contribution is -0.116. The molecule has 1 aliphatic carbocycles. The van der Waals surface area contributed by atoms with E-state index >= 15 is 0 Å². The summed E-state index contributed by atoms with van der Waals surface area (Å²) in [6.45, 7) is 5.59. The van der Waals surface area contributed by atoms with E-state index in [4.69, 9.17) is 0 Å². The van der Waals surface area contributed by atoms with Gasteiger partial charge < -0.3 is 5.11 Å². The van der Waals surface area contributed by atoms with Crippen molar-refractivity contribution in [2.75, 3.05) is 0 Å². The predicted molar refractivity (Wildman–Crippen MR) is 68.9 cm³/mol. The first kappa shape index (κ1) is 11.6. The minimum atomic E-state index is 0.202. The number of allylic oxidation sites excluding steroid dienone is 2. The lowest BCUT2D eigenvalue weighted by Gasteiger charge is -2.21. The van der Waals surface area contributed by atoms with Crippen molar-refractivity contribution in [2.45, 2.75) is 25.7 Å². The second kappa shape index (κ2) is 4.58. The molecule has 1 N–H and O–H groups in total. The van der Waals surface area contributed by atoms with Crippen LogP contribution in [-0.2, 0) is 4.79 Å². The third-order valence-corrected chi connectivity index (χ3v) is 3.29. The van der Waals surface area contributed by atoms with Gasteiger partial charge in [-0.1, -0.05) is 30.9 Å². The van der Waals surface area contributed by atoms with Gasteiger partial charge in [-0.05, 0) is 30.5 Å². The number of rotatable bonds is 2. The monoisotopic (exact) mass is 228 g/mol. The second-order valence-electron chi connectivity index (χ2n) is 4.40. The zero-order valence-electron chi connectivity index (χ0n) is 9.94. The number of hydrogen-bond donors (Lipinski definition) is 1. The number of phenols is 1. The molecule has 1 atom stereocenters. The summed E-state index contributed by atoms with van der Waals surface area (Å²) < 4.78 is 0. The normalized spacial score (nSPS) is 19.9. The first-order valence-corrected chi connectivity index (χ1v) is 5.79. The molecule has 0 spiro atoms. The minimum absolute atomic E-state index is 0.202. The molecule has 0 amide bonds. The van der Waals surface area contributed by atoms with Gasteiger partial charge in [0.2, 0.25) is 0 Å². The molecule has 0 aromatic heterocycles. The van der Waals surface area contributed by atoms with Gasteiger partial charge in [-0.3, -0.25) is 4.79 Å². The minimum Gasteiger partial charge on any atom is -0.507 e. The Morgan fingerprint density at radius 3 is 2.88 bits per heavy atom. The molecule has 0 aliphatic heterocycles. The molecule has 0 radical (unpaired) electrons. The number of aromatic hydroxyl groups is 1. The molecule has 88 valence electrons. The van der Waals surface area contributed by atoms with E-state index in [1.165, 1.54) is 0 Å². The fraction of sp³-hybridized carbons (Fsp3) is 0.267. The van der Waals surface area contributed by atoms with E-state index in [-0.39, 0.29) is 17.5 Å². The van der Waals surface area contributed by atoms with Gasteiger partial charge in [0.25, 0.3) is 0 Å². The van der Waals surface area contributed by atoms with Gasteiger partial charge in [-0.2, -0.15) is 0 Å². The van der Waals surface area contributed by atoms with Crippen molar-refractivity contribution in [3.05, 3.63) is 47.6 Å². The number of carbonyl (C=O) groups is 1. The molecule has 0 saturated heterocycles. The molecule has 0 fully saturated rings. The second-order valence-corrected chi connectivity index (χ2v) is 4.40. The van der Waals surface area contributed by atoms with Gasteiger partial charge in [0.1, 0.15) is 5.75 Å². The maximum absolute atomic E-state index is 11.5. The van der Waals surface area contributed by atoms with Crippen LogP contribution in [0.3, 0.4) is 0 Å². The standard InChI is InChI=1S/C15H16O2/c1-3-12-13(5-4-6-15(12)17)11-7-8-14(16)10(2)9-11/h3-6,9,11,17H,1,7-8H2,2H3. The van der Waals surface area contributed by atoms with Gasteiger partial charge in [-0.25, -0.2) is 0 Å². The number of ketones is 1. The van der Waals surface area contributed by atoms with Crippen LogP contribution in [0.15, 0.2) is 36.4 Å². The van der Waals surface area contributed by atoms with Crippen molar-refractivity contribution in [3.63, 3.8) is 0 Å². The molecule has 0 saturated carbocycles. The zero-order chi connectivity index (χ0) is 12.4. The highest BCUT2D eigenvalue weighted by atomic mass is 16.3. The molecule has 1 unspecified atom stereocenters. The fourth-order valence-corrected chi connectivity index (χ4v) is 2.32. The van der Waals surface area contributed by atoms with E-state index < -0.39 is 0 Å². The number of Topliss-reactive ketones (excluding diaryl/α,β-unsaturated/α-hetero) is 1. The first-order valence-electron chi connectivity index (χ1n) is 5.79. The number of hydrogen-bond acceptors (Lipinski definition) is 2. The smallest absolute Gasteiger partial charge is 0.158 e. The van der Waals surface area contributed by atoms with Gasteiger partial charge in [0, 0.05) is 17.9 Å². The highest BCUT2D eigenvalue weighted by molar-refractivity contribution is 5.95. The van der Waals surface area contributed by atoms with Crippen molar-refractivity contribution in [2.24, 2.45) is 0 Å². The van der Waals surface area contributed by atoms with Crippen LogP contribution < -0.4 is 0 Å². The summed E-state index contributed by atoms with van der Waals surface area (Å²) in [7, 11) is 0. The van der Waals surface area contributed by atoms with Crippen LogP contribution in [0.2, 0.25) is 0 Å². The molecule has 2 heteroatoms. The average molecular weight is 228 g/mol. The van der Waals surface area contributed by atoms with E-state index in [0.29, 0.717) is 6.42 Å². The maximum Gasteiger partial charge on any atom is 0.158 e. The Kier molecular flexibility index (Phi) is 3.14. The Bertz CT molecular complexity index is 498. The van der Waals surface area contributed by atoms with Crippen LogP contribution in [0.25, 0.3) is 6.08 Å². The van der Waals surface area contributed by atoms with Crippen molar-refractivity contribution in [1.29, 1.82) is 0 Å². The van der Waals surface area contributed by atoms with Crippen molar-refractivity contribution >= 4 is 11.9 Å². The van der Waals surface area contributed by atoms with Crippen LogP contribution in [0.5, 0.6) is 5.75 Å². The van der Waals surface area contributed by atoms with Gasteiger partial charge >= 0.3 is 0 Å². The summed E-state index contributed by atoms with van der Waals surface area (Å²) in [5, 5.41) is 9.78. The van der Waals surface area contributed by atoms with Crippen LogP contribution in [0, 0.1) is 0 Å². The topological polar surface area (TPSA) is 37.3 Å². The highest BCUT2D eigenvalue weighted by Gasteiger charge is 2.21. The lowest BCUT2D eigenvalue weighted by atomic mass is 9.83. The zero-order valence-corrected chi connectivity index (χ0v) is 9.94. The van der Waals surface area contributed by atoms with Gasteiger partial charge in [-0.15, -0.1) is 0 Å². The van der Waals surface area contributed by atoms with E-state index in [9.17, 15) is 9.90 Å². The Hall–Kier alpha value is -1.83. The molecule has 1 aromatic rings. The third kappa shape index (κ3) is 2.16. The summed E-state index contributed by atoms with van der Waals surface area (Å²) >= 11 is 0. The van der Waals surface area contributed by atoms with Crippen LogP contribution in [0.4, 0.5) is 0 Å². The van der Waals surface area contributed by atoms with Crippen molar-refractivity contribution < 1.29 is 9.90 Å². The Balaban J connectivity index is 2.45. The molecule has 0 bridgehead atoms. The summed E-state index contributed by atoms with van der Waals surface area (Å²) in [6.07, 6.45) is 5.05. The molecular formula is C15H16O2. The molecular weight excluding hydrogens is 212 g/mol. The third-order valence-electron chi connectivity index (χ3n) is 3.29. The first-order chi connectivity index (χ1) is 8.13. The molecule has 17 heavy (non-hydrogen) atoms. The Morgan fingerprint density at radius 2 is 2.24 bits per heavy atom. The van der Waals surface area contributed by atoms with Gasteiger partial charge in [0.05, 0.1) is 0 Å². The molecule has 2 nitrogen and oxygen atoms in total. The van der Waals surface area contributed by atoms with Crippen LogP contribution in [-0.4, -0.2) is 10.9 Å². The van der Waals surface area contributed by atoms with Crippen molar-refractivity contribution in [1.82, 2.24) is 0 Å². The average Bonchev–Trinajstić information content (AvgIpc) is 2.32. The molecule has 2 rings (SSSR count). The molecule has 0 heterocycles. The highest BCUT2D eigenvalue weighted by Crippen LogP contribution is 2.35. The lowest BCUT2D eigenvalue weighted by Crippen LogP contribution is -2.11. The summed E-state index contributed by atoms with van der Waals surface area (Å²) in [6, 6.07) is 5.48. The van der Waals surface area contributed by atoms with Crippen molar-refractivity contribution in [3.8, 4) is 5.75 Å². The summed E-state index contributed by atoms with van der Waals surface area (Å²) in [5.41, 5.74) is 2.64. The summed E-state index contributed by atoms with van der Waals surface area (Å²) in [5.74, 6) is 0.676. The van der Waals surface area contributed by atoms with E-state index in [1.54, 1.807) is 12.1 Å². The summed E-state index contributed by atoms with van der Waals surface area (Å²) in [4.78, 5) is 11.5. The largest absolute Gasteiger partial charge is 0.507 e. The van der Waals surface area contributed by atoms with E-state index in [0.717, 1.165) is 23.1 Å². The predicted octanol–water partition coefficient (Wildman–Crippen LogP) is 3.43. The number of phenolic OH excluding ortho intramolecular Hbond substituents is 1. The molecule has 1 aliphatic rings. The molecule has 1 aromatic carbocycles. The quantitative estimate of drug-likeness (QED) is 0.842. The fourth-order valence-electron chi connectivity index (χ4n) is 2.32. The number of benzene rings is 1. The van der Waals surface area contributed by atoms with Gasteiger partial charge in [0.15, 0.2) is 5.78 Å². The Labute approximate surface area is 101 Å².